The highest BCUT2D eigenvalue weighted by atomic mass is 35.5. The zero-order chi connectivity index (χ0) is 21.8. The second-order valence-corrected chi connectivity index (χ2v) is 8.55. The van der Waals surface area contributed by atoms with Gasteiger partial charge >= 0.3 is 6.18 Å². The van der Waals surface area contributed by atoms with Crippen molar-refractivity contribution < 1.29 is 18.0 Å². The van der Waals surface area contributed by atoms with Crippen LogP contribution in [0.4, 0.5) is 19.0 Å². The van der Waals surface area contributed by atoms with E-state index in [9.17, 15) is 18.0 Å². The van der Waals surface area contributed by atoms with E-state index in [4.69, 9.17) is 0 Å². The van der Waals surface area contributed by atoms with Gasteiger partial charge in [-0.1, -0.05) is 31.0 Å². The Morgan fingerprint density at radius 3 is 2.34 bits per heavy atom. The molecule has 174 valence electrons. The number of aromatic nitrogens is 2. The van der Waals surface area contributed by atoms with Crippen LogP contribution in [0.25, 0.3) is 0 Å². The number of halogens is 4. The molecule has 1 saturated carbocycles. The van der Waals surface area contributed by atoms with E-state index in [0.29, 0.717) is 43.1 Å². The van der Waals surface area contributed by atoms with E-state index in [-0.39, 0.29) is 24.2 Å². The van der Waals surface area contributed by atoms with Crippen molar-refractivity contribution in [3.63, 3.8) is 0 Å². The van der Waals surface area contributed by atoms with Gasteiger partial charge in [-0.3, -0.25) is 4.79 Å². The topological polar surface area (TPSA) is 58.1 Å². The van der Waals surface area contributed by atoms with Crippen LogP contribution in [-0.2, 0) is 12.6 Å². The summed E-state index contributed by atoms with van der Waals surface area (Å²) in [4.78, 5) is 14.2. The van der Waals surface area contributed by atoms with Crippen molar-refractivity contribution in [1.82, 2.24) is 15.5 Å². The first-order chi connectivity index (χ1) is 14.9. The normalized spacial score (nSPS) is 17.0. The minimum absolute atomic E-state index is 0. The number of hydrogen-bond donors (Lipinski definition) is 1. The molecule has 1 saturated heterocycles. The van der Waals surface area contributed by atoms with Crippen molar-refractivity contribution in [1.29, 1.82) is 0 Å². The summed E-state index contributed by atoms with van der Waals surface area (Å²) in [5.41, 5.74) is 0.137. The Balaban J connectivity index is 0.00000289. The predicted octanol–water partition coefficient (Wildman–Crippen LogP) is 4.91. The smallest absolute Gasteiger partial charge is 0.355 e. The van der Waals surface area contributed by atoms with Gasteiger partial charge < -0.3 is 10.2 Å². The maximum absolute atomic E-state index is 13.2. The molecule has 1 amide bonds. The summed E-state index contributed by atoms with van der Waals surface area (Å²) < 4.78 is 39.7. The molecular formula is C23H28ClF3N4O. The number of anilines is 1. The van der Waals surface area contributed by atoms with Crippen molar-refractivity contribution in [2.45, 2.75) is 44.7 Å². The number of rotatable bonds is 7. The number of nitrogens with one attached hydrogen (secondary N) is 1. The van der Waals surface area contributed by atoms with Crippen LogP contribution in [0.15, 0.2) is 36.4 Å². The van der Waals surface area contributed by atoms with Crippen LogP contribution in [0.1, 0.15) is 53.7 Å². The lowest BCUT2D eigenvalue weighted by molar-refractivity contribution is -0.138. The van der Waals surface area contributed by atoms with Crippen molar-refractivity contribution in [3.8, 4) is 0 Å². The highest BCUT2D eigenvalue weighted by Crippen LogP contribution is 2.34. The molecule has 0 bridgehead atoms. The molecule has 32 heavy (non-hydrogen) atoms. The van der Waals surface area contributed by atoms with E-state index < -0.39 is 11.7 Å². The van der Waals surface area contributed by atoms with Gasteiger partial charge in [0.05, 0.1) is 5.56 Å². The molecule has 2 fully saturated rings. The molecule has 1 aromatic carbocycles. The Kier molecular flexibility index (Phi) is 7.98. The molecule has 2 aliphatic rings. The zero-order valence-corrected chi connectivity index (χ0v) is 18.6. The van der Waals surface area contributed by atoms with Crippen LogP contribution in [0.3, 0.4) is 0 Å². The molecular weight excluding hydrogens is 441 g/mol. The summed E-state index contributed by atoms with van der Waals surface area (Å²) in [7, 11) is 0. The van der Waals surface area contributed by atoms with E-state index >= 15 is 0 Å². The number of hydrogen-bond acceptors (Lipinski definition) is 4. The van der Waals surface area contributed by atoms with Crippen LogP contribution in [0, 0.1) is 11.8 Å². The molecule has 2 aromatic rings. The predicted molar refractivity (Wildman–Crippen MR) is 119 cm³/mol. The average molecular weight is 469 g/mol. The number of piperidine rings is 1. The van der Waals surface area contributed by atoms with Gasteiger partial charge in [0.15, 0.2) is 11.5 Å². The third-order valence-corrected chi connectivity index (χ3v) is 6.19. The third kappa shape index (κ3) is 6.34. The largest absolute Gasteiger partial charge is 0.416 e. The van der Waals surface area contributed by atoms with Crippen molar-refractivity contribution in [2.75, 3.05) is 24.5 Å². The Bertz CT molecular complexity index is 895. The molecule has 0 unspecified atom stereocenters. The summed E-state index contributed by atoms with van der Waals surface area (Å²) in [6, 6.07) is 9.31. The highest BCUT2D eigenvalue weighted by molar-refractivity contribution is 5.92. The summed E-state index contributed by atoms with van der Waals surface area (Å²) in [5, 5.41) is 11.1. The Morgan fingerprint density at radius 1 is 1.00 bits per heavy atom. The van der Waals surface area contributed by atoms with Gasteiger partial charge in [-0.25, -0.2) is 0 Å². The minimum atomic E-state index is -4.32. The number of carbonyl (C=O) groups excluding carboxylic acids is 1. The molecule has 0 radical (unpaired) electrons. The summed E-state index contributed by atoms with van der Waals surface area (Å²) in [6.07, 6.45) is 1.22. The average Bonchev–Trinajstić information content (AvgIpc) is 3.58. The first kappa shape index (κ1) is 24.3. The van der Waals surface area contributed by atoms with Gasteiger partial charge in [-0.05, 0) is 61.3 Å². The fourth-order valence-corrected chi connectivity index (χ4v) is 4.15. The van der Waals surface area contributed by atoms with E-state index in [0.717, 1.165) is 31.2 Å². The maximum atomic E-state index is 13.2. The Morgan fingerprint density at radius 2 is 1.72 bits per heavy atom. The molecule has 0 atom stereocenters. The van der Waals surface area contributed by atoms with Gasteiger partial charge in [0.2, 0.25) is 0 Å². The molecule has 4 rings (SSSR count). The van der Waals surface area contributed by atoms with Gasteiger partial charge in [0.25, 0.3) is 5.91 Å². The number of carbonyl (C=O) groups is 1. The molecule has 1 aliphatic heterocycles. The highest BCUT2D eigenvalue weighted by Gasteiger charge is 2.33. The summed E-state index contributed by atoms with van der Waals surface area (Å²) in [6.45, 7) is 2.08. The summed E-state index contributed by atoms with van der Waals surface area (Å²) in [5.74, 6) is 1.45. The summed E-state index contributed by atoms with van der Waals surface area (Å²) >= 11 is 0. The standard InChI is InChI=1S/C23H27F3N4O.ClH/c24-23(25,26)19-4-2-1-3-18(19)15-17-10-13-30(14-11-17)21-8-7-20(28-29-21)22(31)27-12-9-16-5-6-16;/h1-4,7-8,16-17H,5-6,9-15H2,(H,27,31);1H. The molecule has 2 heterocycles. The quantitative estimate of drug-likeness (QED) is 0.627. The first-order valence-electron chi connectivity index (χ1n) is 10.9. The lowest BCUT2D eigenvalue weighted by Crippen LogP contribution is -2.35. The van der Waals surface area contributed by atoms with E-state index in [2.05, 4.69) is 20.4 Å². The minimum Gasteiger partial charge on any atom is -0.355 e. The van der Waals surface area contributed by atoms with Gasteiger partial charge in [-0.15, -0.1) is 22.6 Å². The van der Waals surface area contributed by atoms with Crippen LogP contribution < -0.4 is 10.2 Å². The van der Waals surface area contributed by atoms with E-state index in [1.807, 2.05) is 0 Å². The van der Waals surface area contributed by atoms with Crippen LogP contribution >= 0.6 is 12.4 Å². The lowest BCUT2D eigenvalue weighted by atomic mass is 9.88. The molecule has 5 nitrogen and oxygen atoms in total. The zero-order valence-electron chi connectivity index (χ0n) is 17.8. The maximum Gasteiger partial charge on any atom is 0.416 e. The number of benzene rings is 1. The lowest BCUT2D eigenvalue weighted by Gasteiger charge is -2.33. The van der Waals surface area contributed by atoms with Crippen molar-refractivity contribution in [3.05, 3.63) is 53.2 Å². The van der Waals surface area contributed by atoms with E-state index in [1.165, 1.54) is 18.9 Å². The number of amides is 1. The molecule has 0 spiro atoms. The molecule has 1 aromatic heterocycles. The van der Waals surface area contributed by atoms with Crippen LogP contribution in [0.2, 0.25) is 0 Å². The van der Waals surface area contributed by atoms with Crippen molar-refractivity contribution in [2.24, 2.45) is 11.8 Å². The van der Waals surface area contributed by atoms with E-state index in [1.54, 1.807) is 24.3 Å². The number of nitrogens with zero attached hydrogens (tertiary/aromatic N) is 3. The van der Waals surface area contributed by atoms with Gasteiger partial charge in [-0.2, -0.15) is 13.2 Å². The SMILES string of the molecule is Cl.O=C(NCCC1CC1)c1ccc(N2CCC(Cc3ccccc3C(F)(F)F)CC2)nn1. The fraction of sp³-hybridized carbons (Fsp3) is 0.522. The van der Waals surface area contributed by atoms with Gasteiger partial charge in [0, 0.05) is 19.6 Å². The Hall–Kier alpha value is -2.35. The number of alkyl halides is 3. The second-order valence-electron chi connectivity index (χ2n) is 8.55. The fourth-order valence-electron chi connectivity index (χ4n) is 4.15. The monoisotopic (exact) mass is 468 g/mol. The van der Waals surface area contributed by atoms with Crippen molar-refractivity contribution >= 4 is 24.1 Å². The molecule has 9 heteroatoms. The second kappa shape index (κ2) is 10.5. The van der Waals surface area contributed by atoms with Gasteiger partial charge in [0.1, 0.15) is 0 Å². The Labute approximate surface area is 192 Å². The molecule has 1 aliphatic carbocycles. The first-order valence-corrected chi connectivity index (χ1v) is 10.9. The van der Waals surface area contributed by atoms with Crippen LogP contribution in [-0.4, -0.2) is 35.7 Å². The third-order valence-electron chi connectivity index (χ3n) is 6.19. The molecule has 1 N–H and O–H groups in total. The van der Waals surface area contributed by atoms with Crippen LogP contribution in [0.5, 0.6) is 0 Å².